The molecule has 1 aromatic heterocycles. The maximum absolute atomic E-state index is 3.54. The maximum atomic E-state index is 3.54. The van der Waals surface area contributed by atoms with Crippen molar-refractivity contribution in [2.45, 2.75) is 45.1 Å². The van der Waals surface area contributed by atoms with Gasteiger partial charge in [0.05, 0.1) is 0 Å². The highest BCUT2D eigenvalue weighted by atomic mass is 32.1. The van der Waals surface area contributed by atoms with Crippen molar-refractivity contribution in [3.05, 3.63) is 21.9 Å². The average Bonchev–Trinajstić information content (AvgIpc) is 3.02. The zero-order valence-electron chi connectivity index (χ0n) is 10.9. The summed E-state index contributed by atoms with van der Waals surface area (Å²) >= 11 is 1.88. The molecule has 0 radical (unpaired) electrons. The average molecular weight is 249 g/mol. The molecule has 0 saturated heterocycles. The molecule has 0 aliphatic heterocycles. The lowest BCUT2D eigenvalue weighted by Gasteiger charge is -2.26. The van der Waals surface area contributed by atoms with Crippen LogP contribution in [0.3, 0.4) is 0 Å². The fourth-order valence-corrected chi connectivity index (χ4v) is 4.89. The van der Waals surface area contributed by atoms with Gasteiger partial charge in [-0.1, -0.05) is 6.42 Å². The van der Waals surface area contributed by atoms with Gasteiger partial charge in [0.25, 0.3) is 0 Å². The fourth-order valence-electron chi connectivity index (χ4n) is 4.12. The van der Waals surface area contributed by atoms with Gasteiger partial charge in [-0.15, -0.1) is 11.3 Å². The molecule has 17 heavy (non-hydrogen) atoms. The van der Waals surface area contributed by atoms with E-state index >= 15 is 0 Å². The van der Waals surface area contributed by atoms with Crippen molar-refractivity contribution in [2.75, 3.05) is 7.05 Å². The molecule has 1 aromatic rings. The van der Waals surface area contributed by atoms with Crippen LogP contribution in [0.4, 0.5) is 0 Å². The van der Waals surface area contributed by atoms with Crippen molar-refractivity contribution < 1.29 is 0 Å². The first kappa shape index (κ1) is 11.7. The summed E-state index contributed by atoms with van der Waals surface area (Å²) in [6.45, 7) is 2.26. The van der Waals surface area contributed by atoms with E-state index in [-0.39, 0.29) is 0 Å². The third-order valence-corrected chi connectivity index (χ3v) is 5.91. The molecule has 1 heterocycles. The van der Waals surface area contributed by atoms with E-state index in [0.29, 0.717) is 6.04 Å². The summed E-state index contributed by atoms with van der Waals surface area (Å²) < 4.78 is 0. The third-order valence-electron chi connectivity index (χ3n) is 5.05. The van der Waals surface area contributed by atoms with E-state index in [9.17, 15) is 0 Å². The molecule has 1 nitrogen and oxygen atoms in total. The van der Waals surface area contributed by atoms with Crippen LogP contribution in [0.1, 0.15) is 48.6 Å². The summed E-state index contributed by atoms with van der Waals surface area (Å²) in [4.78, 5) is 1.49. The normalized spacial score (nSPS) is 33.2. The molecule has 2 fully saturated rings. The fraction of sp³-hybridized carbons (Fsp3) is 0.733. The molecule has 3 rings (SSSR count). The molecular weight excluding hydrogens is 226 g/mol. The molecule has 2 heteroatoms. The van der Waals surface area contributed by atoms with E-state index in [1.165, 1.54) is 37.0 Å². The SMILES string of the molecule is CNC(CC1CC2CCC1C2)c1ccsc1C. The number of thiophene rings is 1. The molecule has 2 bridgehead atoms. The highest BCUT2D eigenvalue weighted by Gasteiger charge is 2.40. The Balaban J connectivity index is 1.69. The quantitative estimate of drug-likeness (QED) is 0.845. The lowest BCUT2D eigenvalue weighted by molar-refractivity contribution is 0.284. The second kappa shape index (κ2) is 4.74. The highest BCUT2D eigenvalue weighted by Crippen LogP contribution is 2.51. The van der Waals surface area contributed by atoms with E-state index in [1.54, 1.807) is 5.56 Å². The van der Waals surface area contributed by atoms with Crippen LogP contribution in [0, 0.1) is 24.7 Å². The minimum Gasteiger partial charge on any atom is -0.313 e. The van der Waals surface area contributed by atoms with Gasteiger partial charge in [0, 0.05) is 10.9 Å². The van der Waals surface area contributed by atoms with E-state index in [1.807, 2.05) is 11.3 Å². The molecule has 4 unspecified atom stereocenters. The Morgan fingerprint density at radius 2 is 2.29 bits per heavy atom. The van der Waals surface area contributed by atoms with Gasteiger partial charge in [0.15, 0.2) is 0 Å². The zero-order valence-corrected chi connectivity index (χ0v) is 11.7. The summed E-state index contributed by atoms with van der Waals surface area (Å²) in [6, 6.07) is 2.90. The van der Waals surface area contributed by atoms with Crippen LogP contribution in [0.25, 0.3) is 0 Å². The van der Waals surface area contributed by atoms with Crippen LogP contribution >= 0.6 is 11.3 Å². The number of nitrogens with one attached hydrogen (secondary N) is 1. The molecule has 2 aliphatic carbocycles. The van der Waals surface area contributed by atoms with Crippen molar-refractivity contribution in [2.24, 2.45) is 17.8 Å². The topological polar surface area (TPSA) is 12.0 Å². The first-order chi connectivity index (χ1) is 8.28. The van der Waals surface area contributed by atoms with Crippen molar-refractivity contribution in [3.63, 3.8) is 0 Å². The van der Waals surface area contributed by atoms with Gasteiger partial charge in [-0.25, -0.2) is 0 Å². The molecule has 2 saturated carbocycles. The summed E-state index contributed by atoms with van der Waals surface area (Å²) in [7, 11) is 2.12. The molecule has 4 atom stereocenters. The predicted molar refractivity (Wildman–Crippen MR) is 74.4 cm³/mol. The van der Waals surface area contributed by atoms with E-state index in [0.717, 1.165) is 17.8 Å². The smallest absolute Gasteiger partial charge is 0.0331 e. The molecule has 2 aliphatic rings. The second-order valence-corrected chi connectivity index (χ2v) is 7.06. The Kier molecular flexibility index (Phi) is 3.27. The number of fused-ring (bicyclic) bond motifs is 2. The Morgan fingerprint density at radius 3 is 2.82 bits per heavy atom. The first-order valence-electron chi connectivity index (χ1n) is 6.99. The predicted octanol–water partition coefficient (Wildman–Crippen LogP) is 4.14. The number of hydrogen-bond donors (Lipinski definition) is 1. The molecular formula is C15H23NS. The lowest BCUT2D eigenvalue weighted by Crippen LogP contribution is -2.22. The van der Waals surface area contributed by atoms with Crippen LogP contribution in [0.5, 0.6) is 0 Å². The maximum Gasteiger partial charge on any atom is 0.0331 e. The summed E-state index contributed by atoms with van der Waals surface area (Å²) in [5.74, 6) is 3.12. The lowest BCUT2D eigenvalue weighted by atomic mass is 9.83. The standard InChI is InChI=1S/C15H23NS/c1-10-14(5-6-17-10)15(16-2)9-13-8-11-3-4-12(13)7-11/h5-6,11-13,15-16H,3-4,7-9H2,1-2H3. The van der Waals surface area contributed by atoms with Crippen LogP contribution in [0.15, 0.2) is 11.4 Å². The van der Waals surface area contributed by atoms with Crippen molar-refractivity contribution in [1.29, 1.82) is 0 Å². The molecule has 94 valence electrons. The molecule has 0 spiro atoms. The van der Waals surface area contributed by atoms with Gasteiger partial charge in [-0.2, -0.15) is 0 Å². The number of hydrogen-bond acceptors (Lipinski definition) is 2. The Labute approximate surface area is 109 Å². The minimum atomic E-state index is 0.589. The van der Waals surface area contributed by atoms with Gasteiger partial charge in [-0.3, -0.25) is 0 Å². The second-order valence-electron chi connectivity index (χ2n) is 5.94. The van der Waals surface area contributed by atoms with Crippen molar-refractivity contribution in [1.82, 2.24) is 5.32 Å². The van der Waals surface area contributed by atoms with Gasteiger partial charge in [0.2, 0.25) is 0 Å². The van der Waals surface area contributed by atoms with Crippen LogP contribution in [-0.4, -0.2) is 7.05 Å². The Morgan fingerprint density at radius 1 is 1.41 bits per heavy atom. The number of aryl methyl sites for hydroxylation is 1. The van der Waals surface area contributed by atoms with Crippen LogP contribution in [-0.2, 0) is 0 Å². The summed E-state index contributed by atoms with van der Waals surface area (Å²) in [5.41, 5.74) is 1.54. The van der Waals surface area contributed by atoms with Gasteiger partial charge in [-0.05, 0) is 74.4 Å². The van der Waals surface area contributed by atoms with Gasteiger partial charge >= 0.3 is 0 Å². The zero-order chi connectivity index (χ0) is 11.8. The van der Waals surface area contributed by atoms with E-state index in [4.69, 9.17) is 0 Å². The van der Waals surface area contributed by atoms with Gasteiger partial charge < -0.3 is 5.32 Å². The highest BCUT2D eigenvalue weighted by molar-refractivity contribution is 7.10. The molecule has 0 amide bonds. The largest absolute Gasteiger partial charge is 0.313 e. The monoisotopic (exact) mass is 249 g/mol. The summed E-state index contributed by atoms with van der Waals surface area (Å²) in [5, 5.41) is 5.77. The Bertz CT molecular complexity index is 384. The summed E-state index contributed by atoms with van der Waals surface area (Å²) in [6.07, 6.45) is 7.42. The third kappa shape index (κ3) is 2.17. The van der Waals surface area contributed by atoms with E-state index < -0.39 is 0 Å². The Hall–Kier alpha value is -0.340. The van der Waals surface area contributed by atoms with Crippen LogP contribution in [0.2, 0.25) is 0 Å². The van der Waals surface area contributed by atoms with Crippen LogP contribution < -0.4 is 5.32 Å². The number of rotatable bonds is 4. The molecule has 1 N–H and O–H groups in total. The van der Waals surface area contributed by atoms with Crippen molar-refractivity contribution in [3.8, 4) is 0 Å². The van der Waals surface area contributed by atoms with E-state index in [2.05, 4.69) is 30.7 Å². The molecule has 0 aromatic carbocycles. The van der Waals surface area contributed by atoms with Crippen molar-refractivity contribution >= 4 is 11.3 Å². The minimum absolute atomic E-state index is 0.589. The first-order valence-corrected chi connectivity index (χ1v) is 7.87. The van der Waals surface area contributed by atoms with Gasteiger partial charge in [0.1, 0.15) is 0 Å².